The SMILES string of the molecule is COCCNC(=O)CC1CC2OC(CNCc3ncccc3C)C(O)C2O1. The fourth-order valence-electron chi connectivity index (χ4n) is 3.62. The summed E-state index contributed by atoms with van der Waals surface area (Å²) in [7, 11) is 1.59. The van der Waals surface area contributed by atoms with Crippen molar-refractivity contribution in [2.45, 2.75) is 56.8 Å². The van der Waals surface area contributed by atoms with E-state index in [2.05, 4.69) is 15.6 Å². The van der Waals surface area contributed by atoms with E-state index in [4.69, 9.17) is 14.2 Å². The molecular formula is C19H29N3O5. The van der Waals surface area contributed by atoms with Crippen LogP contribution in [0.2, 0.25) is 0 Å². The van der Waals surface area contributed by atoms with Crippen molar-refractivity contribution in [3.8, 4) is 0 Å². The number of hydrogen-bond donors (Lipinski definition) is 3. The van der Waals surface area contributed by atoms with Crippen molar-refractivity contribution >= 4 is 5.91 Å². The molecule has 2 saturated heterocycles. The van der Waals surface area contributed by atoms with E-state index in [0.717, 1.165) is 11.3 Å². The van der Waals surface area contributed by atoms with Crippen LogP contribution in [0.1, 0.15) is 24.1 Å². The van der Waals surface area contributed by atoms with Crippen LogP contribution in [0.4, 0.5) is 0 Å². The summed E-state index contributed by atoms with van der Waals surface area (Å²) in [6, 6.07) is 3.93. The maximum atomic E-state index is 11.9. The number of rotatable bonds is 9. The van der Waals surface area contributed by atoms with Crippen molar-refractivity contribution in [1.29, 1.82) is 0 Å². The van der Waals surface area contributed by atoms with E-state index in [9.17, 15) is 9.90 Å². The Bertz CT molecular complexity index is 629. The first-order valence-corrected chi connectivity index (χ1v) is 9.44. The van der Waals surface area contributed by atoms with Gasteiger partial charge in [-0.3, -0.25) is 9.78 Å². The molecule has 5 atom stereocenters. The van der Waals surface area contributed by atoms with Crippen molar-refractivity contribution in [2.24, 2.45) is 0 Å². The lowest BCUT2D eigenvalue weighted by Crippen LogP contribution is -2.39. The molecule has 0 spiro atoms. The summed E-state index contributed by atoms with van der Waals surface area (Å²) in [6.45, 7) is 4.14. The van der Waals surface area contributed by atoms with Gasteiger partial charge in [-0.1, -0.05) is 6.07 Å². The Kier molecular flexibility index (Phi) is 7.14. The summed E-state index contributed by atoms with van der Waals surface area (Å²) < 4.78 is 16.8. The van der Waals surface area contributed by atoms with Gasteiger partial charge < -0.3 is 30.0 Å². The topological polar surface area (TPSA) is 102 Å². The first-order valence-electron chi connectivity index (χ1n) is 9.44. The molecule has 1 amide bonds. The number of methoxy groups -OCH3 is 1. The number of aromatic nitrogens is 1. The van der Waals surface area contributed by atoms with Crippen LogP contribution in [-0.2, 0) is 25.5 Å². The molecule has 3 rings (SSSR count). The normalized spacial score (nSPS) is 29.7. The molecule has 0 aromatic carbocycles. The van der Waals surface area contributed by atoms with Gasteiger partial charge in [0.1, 0.15) is 12.2 Å². The molecule has 8 heteroatoms. The van der Waals surface area contributed by atoms with Gasteiger partial charge in [0.25, 0.3) is 0 Å². The molecular weight excluding hydrogens is 350 g/mol. The number of carbonyl (C=O) groups is 1. The average molecular weight is 379 g/mol. The first kappa shape index (κ1) is 20.2. The predicted octanol–water partition coefficient (Wildman–Crippen LogP) is -0.0819. The summed E-state index contributed by atoms with van der Waals surface area (Å²) in [4.78, 5) is 16.2. The molecule has 1 aromatic rings. The highest BCUT2D eigenvalue weighted by Crippen LogP contribution is 2.35. The molecule has 8 nitrogen and oxygen atoms in total. The van der Waals surface area contributed by atoms with Gasteiger partial charge in [-0.25, -0.2) is 0 Å². The maximum absolute atomic E-state index is 11.9. The van der Waals surface area contributed by atoms with Gasteiger partial charge in [0, 0.05) is 39.4 Å². The Morgan fingerprint density at radius 3 is 3.04 bits per heavy atom. The fraction of sp³-hybridized carbons (Fsp3) is 0.684. The number of ether oxygens (including phenoxy) is 3. The van der Waals surface area contributed by atoms with Crippen molar-refractivity contribution in [3.05, 3.63) is 29.6 Å². The second kappa shape index (κ2) is 9.57. The molecule has 2 aliphatic rings. The first-order chi connectivity index (χ1) is 13.1. The van der Waals surface area contributed by atoms with Crippen LogP contribution in [0.5, 0.6) is 0 Å². The number of amides is 1. The molecule has 2 fully saturated rings. The van der Waals surface area contributed by atoms with Crippen molar-refractivity contribution < 1.29 is 24.1 Å². The predicted molar refractivity (Wildman–Crippen MR) is 98.1 cm³/mol. The number of nitrogens with zero attached hydrogens (tertiary/aromatic N) is 1. The second-order valence-electron chi connectivity index (χ2n) is 7.11. The maximum Gasteiger partial charge on any atom is 0.222 e. The summed E-state index contributed by atoms with van der Waals surface area (Å²) in [5.74, 6) is -0.0736. The zero-order valence-electron chi connectivity index (χ0n) is 15.9. The number of nitrogens with one attached hydrogen (secondary N) is 2. The minimum Gasteiger partial charge on any atom is -0.388 e. The summed E-state index contributed by atoms with van der Waals surface area (Å²) in [6.07, 6.45) is 0.889. The van der Waals surface area contributed by atoms with Gasteiger partial charge in [-0.15, -0.1) is 0 Å². The van der Waals surface area contributed by atoms with E-state index in [0.29, 0.717) is 32.7 Å². The number of hydrogen-bond acceptors (Lipinski definition) is 7. The summed E-state index contributed by atoms with van der Waals surface area (Å²) in [5.41, 5.74) is 2.12. The van der Waals surface area contributed by atoms with Gasteiger partial charge in [-0.2, -0.15) is 0 Å². The Balaban J connectivity index is 1.39. The summed E-state index contributed by atoms with van der Waals surface area (Å²) in [5, 5.41) is 16.6. The zero-order chi connectivity index (χ0) is 19.2. The number of aliphatic hydroxyl groups is 1. The average Bonchev–Trinajstić information content (AvgIpc) is 3.16. The van der Waals surface area contributed by atoms with Crippen LogP contribution < -0.4 is 10.6 Å². The van der Waals surface area contributed by atoms with Crippen LogP contribution in [0.3, 0.4) is 0 Å². The monoisotopic (exact) mass is 379 g/mol. The minimum atomic E-state index is -0.700. The smallest absolute Gasteiger partial charge is 0.222 e. The molecule has 0 saturated carbocycles. The van der Waals surface area contributed by atoms with Crippen LogP contribution in [0.15, 0.2) is 18.3 Å². The molecule has 2 aliphatic heterocycles. The van der Waals surface area contributed by atoms with Gasteiger partial charge in [0.15, 0.2) is 0 Å². The number of fused-ring (bicyclic) bond motifs is 1. The fourth-order valence-corrected chi connectivity index (χ4v) is 3.62. The van der Waals surface area contributed by atoms with E-state index in [-0.39, 0.29) is 36.7 Å². The van der Waals surface area contributed by atoms with E-state index in [1.165, 1.54) is 0 Å². The lowest BCUT2D eigenvalue weighted by atomic mass is 10.1. The molecule has 3 heterocycles. The summed E-state index contributed by atoms with van der Waals surface area (Å²) >= 11 is 0. The van der Waals surface area contributed by atoms with Crippen LogP contribution in [0, 0.1) is 6.92 Å². The Morgan fingerprint density at radius 1 is 1.44 bits per heavy atom. The Hall–Kier alpha value is -1.58. The second-order valence-corrected chi connectivity index (χ2v) is 7.11. The van der Waals surface area contributed by atoms with Gasteiger partial charge in [0.2, 0.25) is 5.91 Å². The van der Waals surface area contributed by atoms with Crippen molar-refractivity contribution in [3.63, 3.8) is 0 Å². The van der Waals surface area contributed by atoms with Crippen molar-refractivity contribution in [1.82, 2.24) is 15.6 Å². The van der Waals surface area contributed by atoms with Gasteiger partial charge in [-0.05, 0) is 18.6 Å². The molecule has 1 aromatic heterocycles. The Morgan fingerprint density at radius 2 is 2.30 bits per heavy atom. The van der Waals surface area contributed by atoms with Gasteiger partial charge >= 0.3 is 0 Å². The third-order valence-electron chi connectivity index (χ3n) is 5.08. The molecule has 0 aliphatic carbocycles. The van der Waals surface area contributed by atoms with Crippen LogP contribution in [-0.4, -0.2) is 73.3 Å². The lowest BCUT2D eigenvalue weighted by molar-refractivity contribution is -0.124. The highest BCUT2D eigenvalue weighted by atomic mass is 16.6. The van der Waals surface area contributed by atoms with E-state index < -0.39 is 6.10 Å². The number of aliphatic hydroxyl groups excluding tert-OH is 1. The van der Waals surface area contributed by atoms with Crippen molar-refractivity contribution in [2.75, 3.05) is 26.8 Å². The number of pyridine rings is 1. The number of aryl methyl sites for hydroxylation is 1. The molecule has 0 radical (unpaired) electrons. The third-order valence-corrected chi connectivity index (χ3v) is 5.08. The van der Waals surface area contributed by atoms with Crippen LogP contribution >= 0.6 is 0 Å². The Labute approximate surface area is 159 Å². The van der Waals surface area contributed by atoms with E-state index in [1.54, 1.807) is 13.3 Å². The molecule has 3 N–H and O–H groups in total. The quantitative estimate of drug-likeness (QED) is 0.516. The molecule has 150 valence electrons. The highest BCUT2D eigenvalue weighted by Gasteiger charge is 2.50. The van der Waals surface area contributed by atoms with E-state index >= 15 is 0 Å². The minimum absolute atomic E-state index is 0.0736. The third kappa shape index (κ3) is 5.24. The highest BCUT2D eigenvalue weighted by molar-refractivity contribution is 5.76. The van der Waals surface area contributed by atoms with E-state index in [1.807, 2.05) is 19.1 Å². The standard InChI is InChI=1S/C19H29N3O5/c1-12-4-3-5-21-14(12)10-20-11-16-18(24)19-15(27-16)8-13(26-19)9-17(23)22-6-7-25-2/h3-5,13,15-16,18-20,24H,6-11H2,1-2H3,(H,22,23). The van der Waals surface area contributed by atoms with Gasteiger partial charge in [0.05, 0.1) is 37.0 Å². The van der Waals surface area contributed by atoms with Crippen LogP contribution in [0.25, 0.3) is 0 Å². The number of carbonyl (C=O) groups excluding carboxylic acids is 1. The zero-order valence-corrected chi connectivity index (χ0v) is 15.9. The molecule has 5 unspecified atom stereocenters. The lowest BCUT2D eigenvalue weighted by Gasteiger charge is -2.20. The molecule has 0 bridgehead atoms. The molecule has 27 heavy (non-hydrogen) atoms. The largest absolute Gasteiger partial charge is 0.388 e.